The Balaban J connectivity index is 1.92. The van der Waals surface area contributed by atoms with Crippen molar-refractivity contribution in [3.63, 3.8) is 0 Å². The van der Waals surface area contributed by atoms with Gasteiger partial charge in [0.05, 0.1) is 11.5 Å². The Morgan fingerprint density at radius 3 is 2.47 bits per heavy atom. The lowest BCUT2D eigenvalue weighted by Crippen LogP contribution is -2.53. The third kappa shape index (κ3) is 2.91. The number of nitrogens with one attached hydrogen (secondary N) is 1. The third-order valence-corrected chi connectivity index (χ3v) is 4.77. The Bertz CT molecular complexity index is 343. The summed E-state index contributed by atoms with van der Waals surface area (Å²) in [6, 6.07) is -0.0484. The monoisotopic (exact) mass is 268 g/mol. The van der Waals surface area contributed by atoms with Crippen molar-refractivity contribution in [3.8, 4) is 0 Å². The lowest BCUT2D eigenvalue weighted by molar-refractivity contribution is -0.155. The number of hydrogen-bond acceptors (Lipinski definition) is 3. The van der Waals surface area contributed by atoms with Crippen molar-refractivity contribution >= 4 is 11.9 Å². The summed E-state index contributed by atoms with van der Waals surface area (Å²) in [5.41, 5.74) is -0.614. The molecule has 19 heavy (non-hydrogen) atoms. The lowest BCUT2D eigenvalue weighted by Gasteiger charge is -2.40. The molecule has 0 saturated carbocycles. The first-order valence-corrected chi connectivity index (χ1v) is 7.34. The normalized spacial score (nSPS) is 27.0. The van der Waals surface area contributed by atoms with Gasteiger partial charge in [-0.05, 0) is 38.6 Å². The average Bonchev–Trinajstić information content (AvgIpc) is 2.47. The topological polar surface area (TPSA) is 69.6 Å². The van der Waals surface area contributed by atoms with E-state index in [0.29, 0.717) is 32.4 Å². The Morgan fingerprint density at radius 2 is 2.00 bits per heavy atom. The Hall–Kier alpha value is -1.10. The van der Waals surface area contributed by atoms with Crippen LogP contribution in [0.4, 0.5) is 0 Å². The van der Waals surface area contributed by atoms with Gasteiger partial charge in [-0.25, -0.2) is 0 Å². The van der Waals surface area contributed by atoms with Crippen molar-refractivity contribution in [2.45, 2.75) is 51.5 Å². The number of carboxylic acid groups (broad SMARTS) is 1. The van der Waals surface area contributed by atoms with Crippen molar-refractivity contribution in [1.82, 2.24) is 10.2 Å². The van der Waals surface area contributed by atoms with Crippen LogP contribution < -0.4 is 5.32 Å². The second-order valence-corrected chi connectivity index (χ2v) is 5.77. The molecule has 1 amide bonds. The van der Waals surface area contributed by atoms with Crippen LogP contribution in [0.3, 0.4) is 0 Å². The summed E-state index contributed by atoms with van der Waals surface area (Å²) in [6.07, 6.45) is 4.96. The fourth-order valence-electron chi connectivity index (χ4n) is 3.16. The summed E-state index contributed by atoms with van der Waals surface area (Å²) in [5.74, 6) is -0.548. The number of likely N-dealkylation sites (tertiary alicyclic amines) is 1. The number of nitrogens with zero attached hydrogens (tertiary/aromatic N) is 1. The number of carbonyl (C=O) groups is 2. The molecule has 5 heteroatoms. The van der Waals surface area contributed by atoms with Gasteiger partial charge in [-0.2, -0.15) is 0 Å². The summed E-state index contributed by atoms with van der Waals surface area (Å²) in [4.78, 5) is 25.6. The van der Waals surface area contributed by atoms with Crippen LogP contribution in [0.25, 0.3) is 0 Å². The summed E-state index contributed by atoms with van der Waals surface area (Å²) in [6.45, 7) is 4.00. The molecule has 2 saturated heterocycles. The molecule has 0 spiro atoms. The first-order valence-electron chi connectivity index (χ1n) is 7.34. The van der Waals surface area contributed by atoms with E-state index in [1.807, 2.05) is 11.8 Å². The number of hydrogen-bond donors (Lipinski definition) is 2. The highest BCUT2D eigenvalue weighted by atomic mass is 16.4. The lowest BCUT2D eigenvalue weighted by atomic mass is 9.76. The van der Waals surface area contributed by atoms with Gasteiger partial charge in [0.1, 0.15) is 0 Å². The maximum Gasteiger partial charge on any atom is 0.309 e. The van der Waals surface area contributed by atoms with Crippen LogP contribution in [0.15, 0.2) is 0 Å². The van der Waals surface area contributed by atoms with Crippen LogP contribution in [-0.2, 0) is 9.59 Å². The van der Waals surface area contributed by atoms with Gasteiger partial charge in [0.25, 0.3) is 0 Å². The molecule has 0 bridgehead atoms. The van der Waals surface area contributed by atoms with Crippen LogP contribution in [0.1, 0.15) is 45.4 Å². The second-order valence-electron chi connectivity index (χ2n) is 5.77. The minimum Gasteiger partial charge on any atom is -0.481 e. The van der Waals surface area contributed by atoms with Crippen LogP contribution in [0.2, 0.25) is 0 Å². The second kappa shape index (κ2) is 5.90. The van der Waals surface area contributed by atoms with E-state index in [9.17, 15) is 14.7 Å². The highest BCUT2D eigenvalue weighted by Gasteiger charge is 2.41. The standard InChI is InChI=1S/C14H24N2O3/c1-2-14(13(18)19)6-9-16(10-7-14)12(17)11-5-3-4-8-15-11/h11,15H,2-10H2,1H3,(H,18,19). The summed E-state index contributed by atoms with van der Waals surface area (Å²) >= 11 is 0. The van der Waals surface area contributed by atoms with Gasteiger partial charge in [0, 0.05) is 13.1 Å². The maximum atomic E-state index is 12.3. The fraction of sp³-hybridized carbons (Fsp3) is 0.857. The van der Waals surface area contributed by atoms with E-state index in [4.69, 9.17) is 0 Å². The SMILES string of the molecule is CCC1(C(=O)O)CCN(C(=O)C2CCCCN2)CC1. The van der Waals surface area contributed by atoms with Crippen molar-refractivity contribution < 1.29 is 14.7 Å². The predicted molar refractivity (Wildman–Crippen MR) is 71.8 cm³/mol. The molecule has 2 N–H and O–H groups in total. The summed E-state index contributed by atoms with van der Waals surface area (Å²) in [5, 5.41) is 12.6. The molecule has 2 rings (SSSR count). The molecule has 108 valence electrons. The Kier molecular flexibility index (Phi) is 4.45. The zero-order valence-corrected chi connectivity index (χ0v) is 11.7. The van der Waals surface area contributed by atoms with Crippen molar-refractivity contribution in [1.29, 1.82) is 0 Å². The number of piperidine rings is 2. The van der Waals surface area contributed by atoms with Crippen molar-refractivity contribution in [2.75, 3.05) is 19.6 Å². The molecule has 0 aromatic rings. The molecule has 2 aliphatic heterocycles. The van der Waals surface area contributed by atoms with E-state index < -0.39 is 11.4 Å². The minimum absolute atomic E-state index is 0.0484. The zero-order chi connectivity index (χ0) is 13.9. The largest absolute Gasteiger partial charge is 0.481 e. The molecule has 0 radical (unpaired) electrons. The zero-order valence-electron chi connectivity index (χ0n) is 11.7. The van der Waals surface area contributed by atoms with E-state index in [1.54, 1.807) is 0 Å². The molecule has 0 aliphatic carbocycles. The molecule has 2 heterocycles. The van der Waals surface area contributed by atoms with E-state index in [1.165, 1.54) is 0 Å². The van der Waals surface area contributed by atoms with Gasteiger partial charge in [-0.3, -0.25) is 9.59 Å². The smallest absolute Gasteiger partial charge is 0.309 e. The summed E-state index contributed by atoms with van der Waals surface area (Å²) < 4.78 is 0. The molecule has 0 aromatic heterocycles. The number of carboxylic acids is 1. The van der Waals surface area contributed by atoms with Crippen LogP contribution >= 0.6 is 0 Å². The molecular formula is C14H24N2O3. The van der Waals surface area contributed by atoms with E-state index >= 15 is 0 Å². The predicted octanol–water partition coefficient (Wildman–Crippen LogP) is 1.23. The van der Waals surface area contributed by atoms with Gasteiger partial charge >= 0.3 is 5.97 Å². The minimum atomic E-state index is -0.710. The average molecular weight is 268 g/mol. The highest BCUT2D eigenvalue weighted by molar-refractivity contribution is 5.82. The maximum absolute atomic E-state index is 12.3. The number of aliphatic carboxylic acids is 1. The molecule has 0 aromatic carbocycles. The quantitative estimate of drug-likeness (QED) is 0.808. The van der Waals surface area contributed by atoms with Crippen LogP contribution in [-0.4, -0.2) is 47.6 Å². The number of carbonyl (C=O) groups excluding carboxylic acids is 1. The van der Waals surface area contributed by atoms with Crippen LogP contribution in [0.5, 0.6) is 0 Å². The van der Waals surface area contributed by atoms with Gasteiger partial charge in [0.2, 0.25) is 5.91 Å². The molecule has 1 atom stereocenters. The number of rotatable bonds is 3. The Labute approximate surface area is 114 Å². The first kappa shape index (κ1) is 14.3. The Morgan fingerprint density at radius 1 is 1.32 bits per heavy atom. The highest BCUT2D eigenvalue weighted by Crippen LogP contribution is 2.35. The molecule has 2 aliphatic rings. The molecule has 2 fully saturated rings. The van der Waals surface area contributed by atoms with Gasteiger partial charge in [-0.15, -0.1) is 0 Å². The third-order valence-electron chi connectivity index (χ3n) is 4.77. The van der Waals surface area contributed by atoms with Crippen molar-refractivity contribution in [3.05, 3.63) is 0 Å². The van der Waals surface area contributed by atoms with Gasteiger partial charge in [-0.1, -0.05) is 13.3 Å². The van der Waals surface area contributed by atoms with Crippen LogP contribution in [0, 0.1) is 5.41 Å². The van der Waals surface area contributed by atoms with E-state index in [2.05, 4.69) is 5.32 Å². The summed E-state index contributed by atoms with van der Waals surface area (Å²) in [7, 11) is 0. The van der Waals surface area contributed by atoms with Gasteiger partial charge in [0.15, 0.2) is 0 Å². The molecule has 5 nitrogen and oxygen atoms in total. The molecular weight excluding hydrogens is 244 g/mol. The fourth-order valence-corrected chi connectivity index (χ4v) is 3.16. The number of amides is 1. The van der Waals surface area contributed by atoms with E-state index in [0.717, 1.165) is 25.8 Å². The first-order chi connectivity index (χ1) is 9.09. The van der Waals surface area contributed by atoms with Crippen molar-refractivity contribution in [2.24, 2.45) is 5.41 Å². The molecule has 1 unspecified atom stereocenters. The van der Waals surface area contributed by atoms with Gasteiger partial charge < -0.3 is 15.3 Å². The van der Waals surface area contributed by atoms with E-state index in [-0.39, 0.29) is 11.9 Å².